The Morgan fingerprint density at radius 2 is 1.79 bits per heavy atom. The number of carbonyl (C=O) groups excluding carboxylic acids is 2. The summed E-state index contributed by atoms with van der Waals surface area (Å²) < 4.78 is 37.6. The van der Waals surface area contributed by atoms with Crippen LogP contribution in [0.2, 0.25) is 0 Å². The first-order valence-corrected chi connectivity index (χ1v) is 9.49. The van der Waals surface area contributed by atoms with Crippen LogP contribution in [0, 0.1) is 0 Å². The zero-order valence-electron chi connectivity index (χ0n) is 15.9. The first-order valence-electron chi connectivity index (χ1n) is 8.67. The molecule has 0 radical (unpaired) electrons. The number of anilines is 2. The lowest BCUT2D eigenvalue weighted by atomic mass is 10.0. The summed E-state index contributed by atoms with van der Waals surface area (Å²) in [6.07, 6.45) is 3.22. The second kappa shape index (κ2) is 7.58. The molecule has 29 heavy (non-hydrogen) atoms. The number of hydrogen-bond acceptors (Lipinski definition) is 5. The molecule has 2 heterocycles. The van der Waals surface area contributed by atoms with Gasteiger partial charge in [0.05, 0.1) is 24.1 Å². The summed E-state index contributed by atoms with van der Waals surface area (Å²) in [7, 11) is 1.73. The smallest absolute Gasteiger partial charge is 0.387 e. The number of pyridine rings is 1. The molecular weight excluding hydrogens is 405 g/mol. The van der Waals surface area contributed by atoms with Crippen LogP contribution in [-0.2, 0) is 11.3 Å². The van der Waals surface area contributed by atoms with E-state index in [9.17, 15) is 22.8 Å². The van der Waals surface area contributed by atoms with Crippen LogP contribution in [0.3, 0.4) is 0 Å². The summed E-state index contributed by atoms with van der Waals surface area (Å²) in [5.41, 5.74) is -3.78. The molecule has 1 N–H and O–H groups in total. The molecule has 0 unspecified atom stereocenters. The number of benzene rings is 1. The third-order valence-corrected chi connectivity index (χ3v) is 5.40. The monoisotopic (exact) mass is 424 g/mol. The number of urea groups is 1. The Kier molecular flexibility index (Phi) is 5.48. The van der Waals surface area contributed by atoms with Gasteiger partial charge in [0.15, 0.2) is 0 Å². The average Bonchev–Trinajstić information content (AvgIpc) is 2.81. The molecule has 2 aromatic rings. The molecule has 3 amide bonds. The first kappa shape index (κ1) is 21.0. The SMILES string of the molecule is CNc1cnccc1CN1C(=O)N(c2ccc(SC(F)(F)F)cc2)C(=O)C1(C)C. The number of alkyl halides is 3. The normalized spacial score (nSPS) is 16.5. The van der Waals surface area contributed by atoms with Gasteiger partial charge in [-0.05, 0) is 61.5 Å². The summed E-state index contributed by atoms with van der Waals surface area (Å²) in [5, 5.41) is 3.00. The standard InChI is InChI=1S/C19H19F3N4O2S/c1-18(2)16(27)26(13-4-6-14(7-5-13)29-19(20,21)22)17(28)25(18)11-12-8-9-24-10-15(12)23-3/h4-10,23H,11H2,1-3H3. The van der Waals surface area contributed by atoms with E-state index in [1.807, 2.05) is 0 Å². The van der Waals surface area contributed by atoms with Crippen LogP contribution in [-0.4, -0.2) is 39.9 Å². The zero-order chi connectivity index (χ0) is 21.4. The number of carbonyl (C=O) groups is 2. The van der Waals surface area contributed by atoms with Crippen LogP contribution in [0.5, 0.6) is 0 Å². The maximum Gasteiger partial charge on any atom is 0.446 e. The van der Waals surface area contributed by atoms with Crippen molar-refractivity contribution in [3.05, 3.63) is 48.3 Å². The van der Waals surface area contributed by atoms with Gasteiger partial charge in [-0.1, -0.05) is 0 Å². The Bertz CT molecular complexity index is 932. The number of imide groups is 1. The number of nitrogens with one attached hydrogen (secondary N) is 1. The van der Waals surface area contributed by atoms with Crippen molar-refractivity contribution in [1.82, 2.24) is 9.88 Å². The van der Waals surface area contributed by atoms with E-state index >= 15 is 0 Å². The van der Waals surface area contributed by atoms with Gasteiger partial charge in [-0.3, -0.25) is 9.78 Å². The molecule has 1 aromatic heterocycles. The molecule has 10 heteroatoms. The van der Waals surface area contributed by atoms with E-state index in [4.69, 9.17) is 0 Å². The molecule has 1 fully saturated rings. The quantitative estimate of drug-likeness (QED) is 0.566. The molecule has 1 aliphatic rings. The maximum atomic E-state index is 13.1. The molecule has 6 nitrogen and oxygen atoms in total. The minimum Gasteiger partial charge on any atom is -0.387 e. The average molecular weight is 424 g/mol. The van der Waals surface area contributed by atoms with Gasteiger partial charge in [0.2, 0.25) is 0 Å². The summed E-state index contributed by atoms with van der Waals surface area (Å²) in [6.45, 7) is 3.46. The van der Waals surface area contributed by atoms with Gasteiger partial charge in [0.1, 0.15) is 5.54 Å². The van der Waals surface area contributed by atoms with Gasteiger partial charge in [0.25, 0.3) is 5.91 Å². The lowest BCUT2D eigenvalue weighted by molar-refractivity contribution is -0.123. The maximum absolute atomic E-state index is 13.1. The van der Waals surface area contributed by atoms with E-state index in [1.54, 1.807) is 39.4 Å². The fraction of sp³-hybridized carbons (Fsp3) is 0.316. The van der Waals surface area contributed by atoms with Gasteiger partial charge in [-0.25, -0.2) is 9.69 Å². The molecule has 0 spiro atoms. The largest absolute Gasteiger partial charge is 0.446 e. The highest BCUT2D eigenvalue weighted by molar-refractivity contribution is 8.00. The Morgan fingerprint density at radius 3 is 2.38 bits per heavy atom. The van der Waals surface area contributed by atoms with E-state index in [0.717, 1.165) is 16.2 Å². The predicted molar refractivity (Wildman–Crippen MR) is 105 cm³/mol. The van der Waals surface area contributed by atoms with E-state index in [0.29, 0.717) is 0 Å². The van der Waals surface area contributed by atoms with Crippen molar-refractivity contribution in [2.75, 3.05) is 17.3 Å². The Balaban J connectivity index is 1.88. The van der Waals surface area contributed by atoms with Crippen LogP contribution < -0.4 is 10.2 Å². The minimum absolute atomic E-state index is 0.0214. The highest BCUT2D eigenvalue weighted by atomic mass is 32.2. The third-order valence-electron chi connectivity index (χ3n) is 4.66. The topological polar surface area (TPSA) is 65.5 Å². The molecule has 0 saturated carbocycles. The fourth-order valence-corrected chi connectivity index (χ4v) is 3.62. The van der Waals surface area contributed by atoms with Crippen LogP contribution in [0.25, 0.3) is 0 Å². The van der Waals surface area contributed by atoms with E-state index in [2.05, 4.69) is 10.3 Å². The summed E-state index contributed by atoms with van der Waals surface area (Å²) in [6, 6.07) is 6.39. The number of aromatic nitrogens is 1. The second-order valence-electron chi connectivity index (χ2n) is 6.89. The van der Waals surface area contributed by atoms with E-state index < -0.39 is 23.0 Å². The number of rotatable bonds is 5. The highest BCUT2D eigenvalue weighted by Gasteiger charge is 2.51. The van der Waals surface area contributed by atoms with Crippen molar-refractivity contribution >= 4 is 35.1 Å². The van der Waals surface area contributed by atoms with Crippen LogP contribution in [0.4, 0.5) is 29.3 Å². The van der Waals surface area contributed by atoms with Crippen molar-refractivity contribution in [3.63, 3.8) is 0 Å². The van der Waals surface area contributed by atoms with Gasteiger partial charge in [-0.2, -0.15) is 13.2 Å². The van der Waals surface area contributed by atoms with Gasteiger partial charge >= 0.3 is 11.5 Å². The predicted octanol–water partition coefficient (Wildman–Crippen LogP) is 4.48. The molecule has 0 aliphatic carbocycles. The Hall–Kier alpha value is -2.75. The van der Waals surface area contributed by atoms with Crippen molar-refractivity contribution < 1.29 is 22.8 Å². The molecule has 1 aromatic carbocycles. The van der Waals surface area contributed by atoms with Crippen LogP contribution in [0.15, 0.2) is 47.6 Å². The minimum atomic E-state index is -4.41. The number of nitrogens with zero attached hydrogens (tertiary/aromatic N) is 3. The number of halogens is 3. The summed E-state index contributed by atoms with van der Waals surface area (Å²) in [5.74, 6) is -0.446. The Morgan fingerprint density at radius 1 is 1.14 bits per heavy atom. The molecule has 0 atom stereocenters. The highest BCUT2D eigenvalue weighted by Crippen LogP contribution is 2.39. The van der Waals surface area contributed by atoms with E-state index in [-0.39, 0.29) is 28.9 Å². The second-order valence-corrected chi connectivity index (χ2v) is 8.03. The molecule has 1 aliphatic heterocycles. The van der Waals surface area contributed by atoms with Crippen molar-refractivity contribution in [1.29, 1.82) is 0 Å². The van der Waals surface area contributed by atoms with Crippen LogP contribution in [0.1, 0.15) is 19.4 Å². The number of amides is 3. The molecule has 154 valence electrons. The first-order chi connectivity index (χ1) is 13.5. The summed E-state index contributed by atoms with van der Waals surface area (Å²) in [4.78, 5) is 32.5. The molecule has 0 bridgehead atoms. The van der Waals surface area contributed by atoms with E-state index in [1.165, 1.54) is 29.2 Å². The lowest BCUT2D eigenvalue weighted by Crippen LogP contribution is -2.43. The molecule has 1 saturated heterocycles. The number of thioether (sulfide) groups is 1. The van der Waals surface area contributed by atoms with Crippen molar-refractivity contribution in [2.24, 2.45) is 0 Å². The van der Waals surface area contributed by atoms with Gasteiger partial charge < -0.3 is 10.2 Å². The third kappa shape index (κ3) is 4.16. The zero-order valence-corrected chi connectivity index (χ0v) is 16.8. The summed E-state index contributed by atoms with van der Waals surface area (Å²) >= 11 is -0.252. The lowest BCUT2D eigenvalue weighted by Gasteiger charge is -2.28. The molecule has 3 rings (SSSR count). The van der Waals surface area contributed by atoms with Crippen molar-refractivity contribution in [3.8, 4) is 0 Å². The van der Waals surface area contributed by atoms with Gasteiger partial charge in [0, 0.05) is 18.1 Å². The Labute approximate surface area is 170 Å². The van der Waals surface area contributed by atoms with Crippen molar-refractivity contribution in [2.45, 2.75) is 36.3 Å². The van der Waals surface area contributed by atoms with Gasteiger partial charge in [-0.15, -0.1) is 0 Å². The number of hydrogen-bond donors (Lipinski definition) is 1. The molecular formula is C19H19F3N4O2S. The fourth-order valence-electron chi connectivity index (χ4n) is 3.08. The van der Waals surface area contributed by atoms with Crippen LogP contribution >= 0.6 is 11.8 Å².